The number of benzene rings is 1. The first-order valence-electron chi connectivity index (χ1n) is 8.95. The van der Waals surface area contributed by atoms with Gasteiger partial charge in [0.1, 0.15) is 5.69 Å². The largest absolute Gasteiger partial charge is 0.395 e. The van der Waals surface area contributed by atoms with E-state index in [1.165, 1.54) is 0 Å². The average Bonchev–Trinajstić information content (AvgIpc) is 3.06. The lowest BCUT2D eigenvalue weighted by Crippen LogP contribution is -2.33. The van der Waals surface area contributed by atoms with Crippen molar-refractivity contribution >= 4 is 40.6 Å². The maximum atomic E-state index is 9.36. The highest BCUT2D eigenvalue weighted by atomic mass is 35.5. The summed E-state index contributed by atoms with van der Waals surface area (Å²) in [6.07, 6.45) is 0. The number of anilines is 5. The van der Waals surface area contributed by atoms with E-state index in [0.717, 1.165) is 17.2 Å². The highest BCUT2D eigenvalue weighted by molar-refractivity contribution is 6.30. The molecule has 8 nitrogen and oxygen atoms in total. The summed E-state index contributed by atoms with van der Waals surface area (Å²) in [5, 5.41) is 26.0. The zero-order valence-electron chi connectivity index (χ0n) is 15.5. The topological polar surface area (TPSA) is 96.8 Å². The van der Waals surface area contributed by atoms with Crippen LogP contribution in [-0.2, 0) is 0 Å². The van der Waals surface area contributed by atoms with E-state index in [2.05, 4.69) is 34.4 Å². The fraction of sp³-hybridized carbons (Fsp3) is 0.444. The maximum absolute atomic E-state index is 9.36. The number of aliphatic hydroxyl groups is 2. The Bertz CT molecular complexity index is 782. The van der Waals surface area contributed by atoms with Crippen molar-refractivity contribution in [3.63, 3.8) is 0 Å². The van der Waals surface area contributed by atoms with Crippen molar-refractivity contribution in [1.82, 2.24) is 9.97 Å². The summed E-state index contributed by atoms with van der Waals surface area (Å²) in [5.41, 5.74) is 1.63. The molecule has 1 aliphatic rings. The summed E-state index contributed by atoms with van der Waals surface area (Å²) in [6, 6.07) is 7.67. The van der Waals surface area contributed by atoms with Gasteiger partial charge in [-0.2, -0.15) is 9.97 Å². The Hall–Kier alpha value is -2.29. The van der Waals surface area contributed by atoms with Crippen LogP contribution in [0.3, 0.4) is 0 Å². The lowest BCUT2D eigenvalue weighted by molar-refractivity contribution is 0.280. The number of rotatable bonds is 8. The van der Waals surface area contributed by atoms with Gasteiger partial charge >= 0.3 is 0 Å². The van der Waals surface area contributed by atoms with Gasteiger partial charge in [0.05, 0.1) is 19.9 Å². The van der Waals surface area contributed by atoms with E-state index < -0.39 is 0 Å². The summed E-state index contributed by atoms with van der Waals surface area (Å²) in [5.74, 6) is 1.87. The maximum Gasteiger partial charge on any atom is 0.229 e. The van der Waals surface area contributed by atoms with Crippen molar-refractivity contribution < 1.29 is 10.2 Å². The number of nitrogens with one attached hydrogen (secondary N) is 2. The molecule has 0 saturated heterocycles. The number of aromatic nitrogens is 2. The lowest BCUT2D eigenvalue weighted by atomic mass is 10.3. The minimum atomic E-state index is -0.0519. The third-order valence-corrected chi connectivity index (χ3v) is 4.54. The molecule has 0 unspecified atom stereocenters. The second-order valence-electron chi connectivity index (χ2n) is 6.54. The molecular formula is C18H25ClN6O2. The molecule has 146 valence electrons. The summed E-state index contributed by atoms with van der Waals surface area (Å²) < 4.78 is 0. The third kappa shape index (κ3) is 4.35. The normalized spacial score (nSPS) is 12.9. The Labute approximate surface area is 163 Å². The third-order valence-electron chi connectivity index (χ3n) is 4.31. The minimum Gasteiger partial charge on any atom is -0.395 e. The van der Waals surface area contributed by atoms with Gasteiger partial charge in [-0.25, -0.2) is 0 Å². The Morgan fingerprint density at radius 2 is 2.00 bits per heavy atom. The predicted octanol–water partition coefficient (Wildman–Crippen LogP) is 2.26. The molecule has 2 aromatic rings. The van der Waals surface area contributed by atoms with Gasteiger partial charge < -0.3 is 30.6 Å². The van der Waals surface area contributed by atoms with Crippen molar-refractivity contribution in [2.24, 2.45) is 0 Å². The molecule has 27 heavy (non-hydrogen) atoms. The molecule has 0 amide bonds. The van der Waals surface area contributed by atoms with Crippen LogP contribution in [0.15, 0.2) is 24.3 Å². The molecule has 0 saturated carbocycles. The van der Waals surface area contributed by atoms with Gasteiger partial charge in [-0.1, -0.05) is 17.7 Å². The molecule has 0 fully saturated rings. The molecular weight excluding hydrogens is 368 g/mol. The monoisotopic (exact) mass is 392 g/mol. The minimum absolute atomic E-state index is 0.0519. The van der Waals surface area contributed by atoms with Gasteiger partial charge in [0.25, 0.3) is 0 Å². The van der Waals surface area contributed by atoms with Gasteiger partial charge in [0, 0.05) is 29.8 Å². The highest BCUT2D eigenvalue weighted by Gasteiger charge is 2.28. The first-order chi connectivity index (χ1) is 13.0. The Balaban J connectivity index is 2.04. The second-order valence-corrected chi connectivity index (χ2v) is 6.98. The van der Waals surface area contributed by atoms with Crippen LogP contribution in [-0.4, -0.2) is 59.2 Å². The van der Waals surface area contributed by atoms with Gasteiger partial charge in [0.2, 0.25) is 5.95 Å². The molecule has 3 rings (SSSR count). The lowest BCUT2D eigenvalue weighted by Gasteiger charge is -2.25. The molecule has 0 aliphatic carbocycles. The van der Waals surface area contributed by atoms with Crippen molar-refractivity contribution in [3.8, 4) is 0 Å². The van der Waals surface area contributed by atoms with Crippen LogP contribution < -0.4 is 20.4 Å². The van der Waals surface area contributed by atoms with Crippen LogP contribution in [0.2, 0.25) is 5.02 Å². The van der Waals surface area contributed by atoms with Crippen LogP contribution in [0.25, 0.3) is 0 Å². The number of fused-ring (bicyclic) bond motifs is 1. The molecule has 2 heterocycles. The molecule has 1 aromatic carbocycles. The second kappa shape index (κ2) is 8.60. The predicted molar refractivity (Wildman–Crippen MR) is 109 cm³/mol. The molecule has 0 radical (unpaired) electrons. The quantitative estimate of drug-likeness (QED) is 0.543. The van der Waals surface area contributed by atoms with E-state index in [1.54, 1.807) is 4.90 Å². The molecule has 0 spiro atoms. The zero-order chi connectivity index (χ0) is 19.4. The van der Waals surface area contributed by atoms with E-state index in [4.69, 9.17) is 16.6 Å². The average molecular weight is 393 g/mol. The van der Waals surface area contributed by atoms with Crippen molar-refractivity contribution in [3.05, 3.63) is 29.3 Å². The van der Waals surface area contributed by atoms with E-state index in [9.17, 15) is 10.2 Å². The van der Waals surface area contributed by atoms with E-state index in [-0.39, 0.29) is 19.3 Å². The number of hydrogen-bond acceptors (Lipinski definition) is 8. The molecule has 1 aliphatic heterocycles. The fourth-order valence-corrected chi connectivity index (χ4v) is 3.15. The Kier molecular flexibility index (Phi) is 6.20. The van der Waals surface area contributed by atoms with Crippen molar-refractivity contribution in [1.29, 1.82) is 0 Å². The van der Waals surface area contributed by atoms with Crippen LogP contribution in [0, 0.1) is 0 Å². The van der Waals surface area contributed by atoms with E-state index in [1.807, 2.05) is 24.3 Å². The summed E-state index contributed by atoms with van der Waals surface area (Å²) in [7, 11) is 0. The van der Waals surface area contributed by atoms with Crippen molar-refractivity contribution in [2.75, 3.05) is 53.4 Å². The summed E-state index contributed by atoms with van der Waals surface area (Å²) in [6.45, 7) is 5.41. The first kappa shape index (κ1) is 19.5. The first-order valence-corrected chi connectivity index (χ1v) is 9.33. The number of aliphatic hydroxyl groups excluding tert-OH is 2. The number of halogens is 1. The fourth-order valence-electron chi connectivity index (χ4n) is 2.96. The van der Waals surface area contributed by atoms with Gasteiger partial charge in [0.15, 0.2) is 11.6 Å². The molecule has 9 heteroatoms. The van der Waals surface area contributed by atoms with Gasteiger partial charge in [-0.15, -0.1) is 0 Å². The Morgan fingerprint density at radius 1 is 1.26 bits per heavy atom. The van der Waals surface area contributed by atoms with Gasteiger partial charge in [-0.3, -0.25) is 0 Å². The van der Waals surface area contributed by atoms with Crippen LogP contribution in [0.1, 0.15) is 13.8 Å². The Morgan fingerprint density at radius 3 is 2.63 bits per heavy atom. The van der Waals surface area contributed by atoms with Crippen molar-refractivity contribution in [2.45, 2.75) is 19.9 Å². The smallest absolute Gasteiger partial charge is 0.229 e. The standard InChI is InChI=1S/C18H25ClN6O2/c1-12(2)25-11-20-15-16(21-14-5-3-4-13(19)10-14)22-18(23-17(15)25)24(6-8-26)7-9-27/h3-5,10,12,20,26-27H,6-9,11H2,1-2H3,(H,21,22,23). The van der Waals surface area contributed by atoms with Crippen LogP contribution in [0.4, 0.5) is 29.0 Å². The molecule has 0 bridgehead atoms. The van der Waals surface area contributed by atoms with E-state index in [0.29, 0.717) is 36.5 Å². The van der Waals surface area contributed by atoms with Crippen LogP contribution >= 0.6 is 11.6 Å². The van der Waals surface area contributed by atoms with Gasteiger partial charge in [-0.05, 0) is 32.0 Å². The molecule has 4 N–H and O–H groups in total. The van der Waals surface area contributed by atoms with Crippen LogP contribution in [0.5, 0.6) is 0 Å². The highest BCUT2D eigenvalue weighted by Crippen LogP contribution is 2.39. The summed E-state index contributed by atoms with van der Waals surface area (Å²) in [4.78, 5) is 13.3. The SMILES string of the molecule is CC(C)N1CNc2c(Nc3cccc(Cl)c3)nc(N(CCO)CCO)nc21. The number of hydrogen-bond donors (Lipinski definition) is 4. The zero-order valence-corrected chi connectivity index (χ0v) is 16.2. The van der Waals surface area contributed by atoms with E-state index >= 15 is 0 Å². The number of nitrogens with zero attached hydrogens (tertiary/aromatic N) is 4. The molecule has 1 aromatic heterocycles. The molecule has 0 atom stereocenters. The summed E-state index contributed by atoms with van der Waals surface area (Å²) >= 11 is 6.10.